The van der Waals surface area contributed by atoms with Crippen molar-refractivity contribution < 1.29 is 4.39 Å². The maximum atomic E-state index is 13.5. The molecule has 1 fully saturated rings. The molecule has 4 heterocycles. The van der Waals surface area contributed by atoms with Gasteiger partial charge in [0, 0.05) is 16.8 Å². The van der Waals surface area contributed by atoms with Crippen molar-refractivity contribution in [2.24, 2.45) is 5.92 Å². The Morgan fingerprint density at radius 1 is 1.15 bits per heavy atom. The summed E-state index contributed by atoms with van der Waals surface area (Å²) >= 11 is 0. The van der Waals surface area contributed by atoms with Crippen LogP contribution in [0.15, 0.2) is 90.2 Å². The summed E-state index contributed by atoms with van der Waals surface area (Å²) in [5, 5.41) is 13.7. The van der Waals surface area contributed by atoms with E-state index in [0.717, 1.165) is 69.2 Å². The maximum Gasteiger partial charge on any atom is 0.138 e. The lowest BCUT2D eigenvalue weighted by molar-refractivity contribution is 0.374. The highest BCUT2D eigenvalue weighted by Crippen LogP contribution is 2.30. The topological polar surface area (TPSA) is 69.4 Å². The molecule has 0 atom stereocenters. The number of hydrogen-bond acceptors (Lipinski definition) is 3. The Bertz CT molecular complexity index is 1710. The molecule has 0 unspecified atom stereocenters. The molecule has 5 rings (SSSR count). The second kappa shape index (κ2) is 12.3. The fourth-order valence-electron chi connectivity index (χ4n) is 5.32. The zero-order valence-electron chi connectivity index (χ0n) is 23.2. The van der Waals surface area contributed by atoms with E-state index in [4.69, 9.17) is 0 Å². The lowest BCUT2D eigenvalue weighted by Gasteiger charge is -2.23. The summed E-state index contributed by atoms with van der Waals surface area (Å²) in [6.07, 6.45) is 15.8. The lowest BCUT2D eigenvalue weighted by Crippen LogP contribution is -2.27. The van der Waals surface area contributed by atoms with Gasteiger partial charge in [0.2, 0.25) is 0 Å². The molecule has 204 valence electrons. The standard InChI is InChI=1S/C34H36FN5/c1-5-24(19-25-13-16-36-17-14-25)20-26(6-2)22(3)7-12-31-23(4)33(40-39-31)32-21-30-29(15-18-37-34(30)38-32)27-8-10-28(35)11-9-27/h5-12,15,18,20-21,25,36,39H,1,4,13-14,16-17,19H2,2-3H3,(H,37,38)/b22-7+,24-20+,26-6+,31-12+. The second-order valence-corrected chi connectivity index (χ2v) is 10.4. The van der Waals surface area contributed by atoms with Gasteiger partial charge in [0.05, 0.1) is 11.0 Å². The molecule has 0 spiro atoms. The summed E-state index contributed by atoms with van der Waals surface area (Å²) < 4.78 is 13.5. The van der Waals surface area contributed by atoms with E-state index in [9.17, 15) is 4.39 Å². The van der Waals surface area contributed by atoms with Gasteiger partial charge < -0.3 is 10.3 Å². The van der Waals surface area contributed by atoms with E-state index in [1.54, 1.807) is 18.3 Å². The third-order valence-corrected chi connectivity index (χ3v) is 7.69. The highest BCUT2D eigenvalue weighted by molar-refractivity contribution is 5.95. The Kier molecular flexibility index (Phi) is 8.37. The summed E-state index contributed by atoms with van der Waals surface area (Å²) in [4.78, 5) is 7.87. The van der Waals surface area contributed by atoms with Gasteiger partial charge in [-0.15, -0.1) is 0 Å². The first kappa shape index (κ1) is 27.3. The predicted octanol–water partition coefficient (Wildman–Crippen LogP) is 6.34. The van der Waals surface area contributed by atoms with Gasteiger partial charge in [-0.05, 0) is 110 Å². The molecule has 5 nitrogen and oxygen atoms in total. The van der Waals surface area contributed by atoms with Gasteiger partial charge in [-0.25, -0.2) is 9.37 Å². The van der Waals surface area contributed by atoms with Crippen LogP contribution in [0.25, 0.3) is 46.2 Å². The molecule has 0 amide bonds. The summed E-state index contributed by atoms with van der Waals surface area (Å²) in [5.74, 6) is 0.453. The first-order valence-corrected chi connectivity index (χ1v) is 13.8. The molecule has 0 aliphatic carbocycles. The quantitative estimate of drug-likeness (QED) is 0.231. The normalized spacial score (nSPS) is 16.2. The lowest BCUT2D eigenvalue weighted by atomic mass is 9.89. The molecular weight excluding hydrogens is 497 g/mol. The number of halogens is 1. The van der Waals surface area contributed by atoms with Crippen LogP contribution in [0, 0.1) is 11.7 Å². The van der Waals surface area contributed by atoms with Crippen molar-refractivity contribution in [1.29, 1.82) is 0 Å². The smallest absolute Gasteiger partial charge is 0.138 e. The van der Waals surface area contributed by atoms with E-state index in [1.165, 1.54) is 36.1 Å². The van der Waals surface area contributed by atoms with Gasteiger partial charge in [-0.2, -0.15) is 5.10 Å². The first-order valence-electron chi connectivity index (χ1n) is 13.8. The van der Waals surface area contributed by atoms with Crippen LogP contribution < -0.4 is 15.9 Å². The molecule has 1 aliphatic heterocycles. The molecule has 4 aromatic rings. The van der Waals surface area contributed by atoms with Crippen LogP contribution in [0.5, 0.6) is 0 Å². The van der Waals surface area contributed by atoms with Crippen molar-refractivity contribution in [2.45, 2.75) is 33.1 Å². The molecule has 3 aromatic heterocycles. The van der Waals surface area contributed by atoms with Crippen LogP contribution >= 0.6 is 0 Å². The van der Waals surface area contributed by atoms with Crippen LogP contribution in [0.1, 0.15) is 33.1 Å². The summed E-state index contributed by atoms with van der Waals surface area (Å²) in [6.45, 7) is 14.8. The number of rotatable bonds is 8. The van der Waals surface area contributed by atoms with Gasteiger partial charge in [-0.1, -0.05) is 49.6 Å². The van der Waals surface area contributed by atoms with Gasteiger partial charge >= 0.3 is 0 Å². The van der Waals surface area contributed by atoms with E-state index in [-0.39, 0.29) is 5.82 Å². The van der Waals surface area contributed by atoms with E-state index in [1.807, 2.05) is 24.3 Å². The number of nitrogens with one attached hydrogen (secondary N) is 3. The zero-order chi connectivity index (χ0) is 28.1. The number of fused-ring (bicyclic) bond motifs is 1. The molecule has 1 saturated heterocycles. The average Bonchev–Trinajstić information content (AvgIpc) is 3.57. The fraction of sp³-hybridized carbons (Fsp3) is 0.235. The molecule has 0 bridgehead atoms. The van der Waals surface area contributed by atoms with Crippen molar-refractivity contribution in [3.8, 4) is 22.5 Å². The monoisotopic (exact) mass is 533 g/mol. The Labute approximate surface area is 234 Å². The molecular formula is C34H36FN5. The van der Waals surface area contributed by atoms with Gasteiger partial charge in [0.1, 0.15) is 17.2 Å². The molecule has 0 saturated carbocycles. The molecule has 6 heteroatoms. The summed E-state index contributed by atoms with van der Waals surface area (Å²) in [7, 11) is 0. The van der Waals surface area contributed by atoms with Crippen LogP contribution in [0.4, 0.5) is 4.39 Å². The number of allylic oxidation sites excluding steroid dienone is 7. The van der Waals surface area contributed by atoms with Crippen molar-refractivity contribution in [3.05, 3.63) is 107 Å². The minimum atomic E-state index is -0.258. The van der Waals surface area contributed by atoms with Crippen molar-refractivity contribution in [1.82, 2.24) is 25.5 Å². The minimum absolute atomic E-state index is 0.258. The number of benzene rings is 1. The third kappa shape index (κ3) is 5.97. The van der Waals surface area contributed by atoms with Crippen LogP contribution in [0.3, 0.4) is 0 Å². The highest BCUT2D eigenvalue weighted by atomic mass is 19.1. The number of pyridine rings is 1. The van der Waals surface area contributed by atoms with E-state index < -0.39 is 0 Å². The number of aromatic amines is 2. The molecule has 40 heavy (non-hydrogen) atoms. The molecule has 1 aliphatic rings. The van der Waals surface area contributed by atoms with E-state index in [0.29, 0.717) is 5.92 Å². The van der Waals surface area contributed by atoms with Gasteiger partial charge in [0.25, 0.3) is 0 Å². The number of H-pyrrole nitrogens is 2. The van der Waals surface area contributed by atoms with Crippen LogP contribution in [0.2, 0.25) is 0 Å². The number of hydrogen-bond donors (Lipinski definition) is 3. The number of piperidine rings is 1. The van der Waals surface area contributed by atoms with Gasteiger partial charge in [-0.3, -0.25) is 5.10 Å². The Morgan fingerprint density at radius 2 is 1.93 bits per heavy atom. The van der Waals surface area contributed by atoms with Gasteiger partial charge in [0.15, 0.2) is 0 Å². The van der Waals surface area contributed by atoms with Crippen molar-refractivity contribution >= 4 is 23.7 Å². The molecule has 0 radical (unpaired) electrons. The largest absolute Gasteiger partial charge is 0.338 e. The van der Waals surface area contributed by atoms with Crippen LogP contribution in [-0.4, -0.2) is 33.3 Å². The van der Waals surface area contributed by atoms with Crippen molar-refractivity contribution in [2.75, 3.05) is 13.1 Å². The number of nitrogens with zero attached hydrogens (tertiary/aromatic N) is 2. The Balaban J connectivity index is 1.41. The Morgan fingerprint density at radius 3 is 2.65 bits per heavy atom. The second-order valence-electron chi connectivity index (χ2n) is 10.4. The van der Waals surface area contributed by atoms with Crippen molar-refractivity contribution in [3.63, 3.8) is 0 Å². The molecule has 1 aromatic carbocycles. The highest BCUT2D eigenvalue weighted by Gasteiger charge is 2.14. The summed E-state index contributed by atoms with van der Waals surface area (Å²) in [5.41, 5.74) is 7.82. The zero-order valence-corrected chi connectivity index (χ0v) is 23.2. The fourth-order valence-corrected chi connectivity index (χ4v) is 5.32. The third-order valence-electron chi connectivity index (χ3n) is 7.69. The van der Waals surface area contributed by atoms with E-state index >= 15 is 0 Å². The predicted molar refractivity (Wildman–Crippen MR) is 164 cm³/mol. The van der Waals surface area contributed by atoms with Crippen LogP contribution in [-0.2, 0) is 0 Å². The SMILES string of the molecule is C=C\C(=C/C(=C\C)C(/C)=C/C=c1/[nH]nc(-c2cc3c(-c4ccc(F)cc4)ccnc3[nH]2)c1=C)CC1CCNCC1. The van der Waals surface area contributed by atoms with E-state index in [2.05, 4.69) is 70.7 Å². The first-order chi connectivity index (χ1) is 19.5. The number of aromatic nitrogens is 4. The minimum Gasteiger partial charge on any atom is -0.338 e. The maximum absolute atomic E-state index is 13.5. The molecule has 3 N–H and O–H groups in total. The Hall–Kier alpha value is -4.29. The average molecular weight is 534 g/mol. The summed E-state index contributed by atoms with van der Waals surface area (Å²) in [6, 6.07) is 10.5.